The van der Waals surface area contributed by atoms with Gasteiger partial charge in [0.25, 0.3) is 0 Å². The fourth-order valence-corrected chi connectivity index (χ4v) is 1.18. The third-order valence-electron chi connectivity index (χ3n) is 1.73. The van der Waals surface area contributed by atoms with Crippen LogP contribution in [-0.4, -0.2) is 43.1 Å². The minimum atomic E-state index is 0.370. The maximum atomic E-state index is 4.24. The Kier molecular flexibility index (Phi) is 1.09. The van der Waals surface area contributed by atoms with Crippen LogP contribution in [0.25, 0.3) is 0 Å². The summed E-state index contributed by atoms with van der Waals surface area (Å²) in [6.07, 6.45) is 4.31. The summed E-state index contributed by atoms with van der Waals surface area (Å²) in [5.41, 5.74) is 0. The van der Waals surface area contributed by atoms with Gasteiger partial charge >= 0.3 is 0 Å². The predicted octanol–water partition coefficient (Wildman–Crippen LogP) is -0.217. The van der Waals surface area contributed by atoms with E-state index >= 15 is 0 Å². The number of nitrogens with zero attached hydrogens (tertiary/aromatic N) is 3. The van der Waals surface area contributed by atoms with E-state index in [0.717, 1.165) is 19.6 Å². The van der Waals surface area contributed by atoms with Crippen molar-refractivity contribution < 1.29 is 0 Å². The summed E-state index contributed by atoms with van der Waals surface area (Å²) in [7, 11) is 0. The first-order valence-corrected chi connectivity index (χ1v) is 3.21. The van der Waals surface area contributed by atoms with Crippen LogP contribution >= 0.6 is 0 Å². The van der Waals surface area contributed by atoms with Crippen LogP contribution < -0.4 is 0 Å². The Labute approximate surface area is 54.1 Å². The van der Waals surface area contributed by atoms with E-state index in [-0.39, 0.29) is 0 Å². The fraction of sp³-hybridized carbons (Fsp3) is 0.667. The van der Waals surface area contributed by atoms with Gasteiger partial charge in [-0.1, -0.05) is 0 Å². The van der Waals surface area contributed by atoms with Crippen molar-refractivity contribution in [2.24, 2.45) is 9.98 Å². The fourth-order valence-electron chi connectivity index (χ4n) is 1.18. The lowest BCUT2D eigenvalue weighted by molar-refractivity contribution is 0.283. The Bertz CT molecular complexity index is 162. The normalized spacial score (nSPS) is 33.1. The number of hydrogen-bond donors (Lipinski definition) is 0. The summed E-state index contributed by atoms with van der Waals surface area (Å²) in [5.74, 6) is 0. The standard InChI is InChI=1S/C6H9N3/c1-3-9-4-2-8-6(9)5-7-1/h1-2,6H,3-5H2. The van der Waals surface area contributed by atoms with E-state index < -0.39 is 0 Å². The van der Waals surface area contributed by atoms with Gasteiger partial charge in [0.2, 0.25) is 0 Å². The molecule has 0 spiro atoms. The number of hydrogen-bond acceptors (Lipinski definition) is 3. The van der Waals surface area contributed by atoms with Crippen LogP contribution in [0.1, 0.15) is 0 Å². The van der Waals surface area contributed by atoms with Crippen molar-refractivity contribution in [3.05, 3.63) is 0 Å². The molecule has 0 amide bonds. The van der Waals surface area contributed by atoms with E-state index in [1.807, 2.05) is 12.4 Å². The van der Waals surface area contributed by atoms with E-state index in [1.54, 1.807) is 0 Å². The summed E-state index contributed by atoms with van der Waals surface area (Å²) in [6, 6.07) is 0. The lowest BCUT2D eigenvalue weighted by Gasteiger charge is -2.22. The smallest absolute Gasteiger partial charge is 0.122 e. The first-order valence-electron chi connectivity index (χ1n) is 3.21. The van der Waals surface area contributed by atoms with E-state index in [4.69, 9.17) is 0 Å². The molecule has 3 heteroatoms. The van der Waals surface area contributed by atoms with E-state index in [9.17, 15) is 0 Å². The maximum Gasteiger partial charge on any atom is 0.122 e. The number of fused-ring (bicyclic) bond motifs is 1. The van der Waals surface area contributed by atoms with Crippen LogP contribution in [0.15, 0.2) is 9.98 Å². The van der Waals surface area contributed by atoms with Gasteiger partial charge in [0.05, 0.1) is 6.54 Å². The van der Waals surface area contributed by atoms with Gasteiger partial charge < -0.3 is 0 Å². The van der Waals surface area contributed by atoms with E-state index in [2.05, 4.69) is 14.9 Å². The average molecular weight is 123 g/mol. The molecule has 2 aliphatic heterocycles. The van der Waals surface area contributed by atoms with Gasteiger partial charge in [0.1, 0.15) is 6.17 Å². The molecule has 1 unspecified atom stereocenters. The molecule has 0 aliphatic carbocycles. The maximum absolute atomic E-state index is 4.24. The molecule has 0 saturated carbocycles. The molecule has 48 valence electrons. The predicted molar refractivity (Wildman–Crippen MR) is 37.2 cm³/mol. The molecule has 0 N–H and O–H groups in total. The van der Waals surface area contributed by atoms with Gasteiger partial charge in [-0.15, -0.1) is 0 Å². The quantitative estimate of drug-likeness (QED) is 0.438. The molecule has 2 aliphatic rings. The highest BCUT2D eigenvalue weighted by molar-refractivity contribution is 5.67. The van der Waals surface area contributed by atoms with Crippen LogP contribution in [0, 0.1) is 0 Å². The zero-order valence-corrected chi connectivity index (χ0v) is 5.20. The van der Waals surface area contributed by atoms with Crippen LogP contribution in [-0.2, 0) is 0 Å². The topological polar surface area (TPSA) is 28.0 Å². The van der Waals surface area contributed by atoms with Crippen molar-refractivity contribution in [2.75, 3.05) is 19.6 Å². The Balaban J connectivity index is 2.13. The summed E-state index contributed by atoms with van der Waals surface area (Å²) < 4.78 is 0. The molecule has 0 saturated heterocycles. The third-order valence-corrected chi connectivity index (χ3v) is 1.73. The summed E-state index contributed by atoms with van der Waals surface area (Å²) in [5, 5.41) is 0. The summed E-state index contributed by atoms with van der Waals surface area (Å²) >= 11 is 0. The molecular weight excluding hydrogens is 114 g/mol. The van der Waals surface area contributed by atoms with Crippen molar-refractivity contribution in [1.29, 1.82) is 0 Å². The van der Waals surface area contributed by atoms with Crippen molar-refractivity contribution in [3.63, 3.8) is 0 Å². The monoisotopic (exact) mass is 123 g/mol. The first-order chi connectivity index (χ1) is 4.47. The molecule has 3 nitrogen and oxygen atoms in total. The second-order valence-corrected chi connectivity index (χ2v) is 2.31. The second kappa shape index (κ2) is 1.92. The Morgan fingerprint density at radius 1 is 1.33 bits per heavy atom. The Morgan fingerprint density at radius 2 is 2.22 bits per heavy atom. The molecule has 0 fully saturated rings. The van der Waals surface area contributed by atoms with Crippen molar-refractivity contribution in [1.82, 2.24) is 4.90 Å². The van der Waals surface area contributed by atoms with Crippen LogP contribution in [0.2, 0.25) is 0 Å². The highest BCUT2D eigenvalue weighted by atomic mass is 15.3. The molecule has 9 heavy (non-hydrogen) atoms. The largest absolute Gasteiger partial charge is 0.293 e. The van der Waals surface area contributed by atoms with Gasteiger partial charge in [-0.2, -0.15) is 0 Å². The van der Waals surface area contributed by atoms with Gasteiger partial charge in [0, 0.05) is 25.5 Å². The first kappa shape index (κ1) is 5.11. The lowest BCUT2D eigenvalue weighted by atomic mass is 10.4. The van der Waals surface area contributed by atoms with Crippen LogP contribution in [0.4, 0.5) is 0 Å². The van der Waals surface area contributed by atoms with E-state index in [0.29, 0.717) is 6.17 Å². The molecule has 0 aromatic heterocycles. The minimum Gasteiger partial charge on any atom is -0.293 e. The molecule has 0 bridgehead atoms. The second-order valence-electron chi connectivity index (χ2n) is 2.31. The zero-order chi connectivity index (χ0) is 6.10. The van der Waals surface area contributed by atoms with E-state index in [1.165, 1.54) is 0 Å². The SMILES string of the molecule is C1=NCC2N=CCN2C1. The van der Waals surface area contributed by atoms with Crippen molar-refractivity contribution in [2.45, 2.75) is 6.17 Å². The summed E-state index contributed by atoms with van der Waals surface area (Å²) in [6.45, 7) is 2.85. The molecule has 0 aromatic carbocycles. The van der Waals surface area contributed by atoms with Gasteiger partial charge in [-0.25, -0.2) is 0 Å². The molecule has 0 radical (unpaired) electrons. The Hall–Kier alpha value is -0.700. The van der Waals surface area contributed by atoms with Crippen LogP contribution in [0.5, 0.6) is 0 Å². The average Bonchev–Trinajstić information content (AvgIpc) is 2.33. The molecule has 2 heterocycles. The third kappa shape index (κ3) is 0.772. The summed E-state index contributed by atoms with van der Waals surface area (Å²) in [4.78, 5) is 10.7. The highest BCUT2D eigenvalue weighted by Gasteiger charge is 2.21. The molecular formula is C6H9N3. The minimum absolute atomic E-state index is 0.370. The van der Waals surface area contributed by atoms with Gasteiger partial charge in [0.15, 0.2) is 0 Å². The molecule has 2 rings (SSSR count). The van der Waals surface area contributed by atoms with Crippen molar-refractivity contribution >= 4 is 12.4 Å². The number of aliphatic imine (C=N–C) groups is 2. The Morgan fingerprint density at radius 3 is 3.11 bits per heavy atom. The highest BCUT2D eigenvalue weighted by Crippen LogP contribution is 2.08. The van der Waals surface area contributed by atoms with Gasteiger partial charge in [-0.3, -0.25) is 14.9 Å². The number of rotatable bonds is 0. The van der Waals surface area contributed by atoms with Crippen molar-refractivity contribution in [3.8, 4) is 0 Å². The molecule has 1 atom stereocenters. The van der Waals surface area contributed by atoms with Gasteiger partial charge in [-0.05, 0) is 0 Å². The molecule has 0 aromatic rings. The lowest BCUT2D eigenvalue weighted by Crippen LogP contribution is -2.36. The zero-order valence-electron chi connectivity index (χ0n) is 5.20. The van der Waals surface area contributed by atoms with Crippen LogP contribution in [0.3, 0.4) is 0 Å².